The van der Waals surface area contributed by atoms with Crippen molar-refractivity contribution < 1.29 is 18.3 Å². The fraction of sp³-hybridized carbons (Fsp3) is 0.500. The summed E-state index contributed by atoms with van der Waals surface area (Å²) in [4.78, 5) is 1.78. The summed E-state index contributed by atoms with van der Waals surface area (Å²) >= 11 is 11.5. The van der Waals surface area contributed by atoms with Crippen molar-refractivity contribution in [3.05, 3.63) is 22.2 Å². The molecule has 0 bridgehead atoms. The molecule has 0 unspecified atom stereocenters. The minimum absolute atomic E-state index is 0.101. The van der Waals surface area contributed by atoms with Gasteiger partial charge in [0.05, 0.1) is 18.2 Å². The van der Waals surface area contributed by atoms with Crippen LogP contribution in [0.5, 0.6) is 5.75 Å². The van der Waals surface area contributed by atoms with Crippen molar-refractivity contribution in [1.29, 1.82) is 0 Å². The molecule has 1 heterocycles. The van der Waals surface area contributed by atoms with Crippen LogP contribution >= 0.6 is 23.2 Å². The molecule has 0 spiro atoms. The van der Waals surface area contributed by atoms with Crippen molar-refractivity contribution in [2.24, 2.45) is 0 Å². The predicted molar refractivity (Wildman–Crippen MR) is 80.6 cm³/mol. The number of hydrogen-bond acceptors (Lipinski definition) is 5. The number of aromatic hydroxyl groups is 1. The summed E-state index contributed by atoms with van der Waals surface area (Å²) in [7, 11) is -3.86. The molecule has 1 aromatic carbocycles. The van der Waals surface area contributed by atoms with Gasteiger partial charge < -0.3 is 9.84 Å². The third kappa shape index (κ3) is 4.45. The van der Waals surface area contributed by atoms with Gasteiger partial charge in [-0.15, -0.1) is 0 Å². The minimum atomic E-state index is -3.86. The minimum Gasteiger partial charge on any atom is -0.505 e. The highest BCUT2D eigenvalue weighted by Gasteiger charge is 2.21. The maximum atomic E-state index is 12.2. The number of phenols is 1. The van der Waals surface area contributed by atoms with E-state index in [1.807, 2.05) is 0 Å². The lowest BCUT2D eigenvalue weighted by atomic mass is 10.3. The second kappa shape index (κ2) is 7.13. The summed E-state index contributed by atoms with van der Waals surface area (Å²) < 4.78 is 32.0. The molecule has 1 aromatic rings. The van der Waals surface area contributed by atoms with Crippen LogP contribution in [0, 0.1) is 0 Å². The van der Waals surface area contributed by atoms with Crippen molar-refractivity contribution in [1.82, 2.24) is 9.62 Å². The van der Waals surface area contributed by atoms with Crippen molar-refractivity contribution in [3.63, 3.8) is 0 Å². The number of halogens is 2. The van der Waals surface area contributed by atoms with Gasteiger partial charge in [0, 0.05) is 31.2 Å². The summed E-state index contributed by atoms with van der Waals surface area (Å²) in [5.74, 6) is -0.500. The van der Waals surface area contributed by atoms with Gasteiger partial charge in [0.1, 0.15) is 4.90 Å². The molecular formula is C12H16Cl2N2O4S. The molecule has 0 radical (unpaired) electrons. The molecule has 6 nitrogen and oxygen atoms in total. The Morgan fingerprint density at radius 2 is 1.95 bits per heavy atom. The van der Waals surface area contributed by atoms with E-state index in [0.717, 1.165) is 13.1 Å². The van der Waals surface area contributed by atoms with E-state index in [-0.39, 0.29) is 21.5 Å². The molecule has 1 aliphatic rings. The normalized spacial score (nSPS) is 17.0. The molecule has 0 saturated carbocycles. The first kappa shape index (κ1) is 16.8. The Hall–Kier alpha value is -0.570. The van der Waals surface area contributed by atoms with Crippen LogP contribution in [-0.2, 0) is 14.8 Å². The number of ether oxygens (including phenoxy) is 1. The van der Waals surface area contributed by atoms with E-state index in [0.29, 0.717) is 19.8 Å². The summed E-state index contributed by atoms with van der Waals surface area (Å²) in [5, 5.41) is 9.81. The van der Waals surface area contributed by atoms with Crippen LogP contribution < -0.4 is 4.72 Å². The van der Waals surface area contributed by atoms with Gasteiger partial charge in [-0.3, -0.25) is 4.90 Å². The zero-order valence-corrected chi connectivity index (χ0v) is 13.5. The zero-order chi connectivity index (χ0) is 15.5. The van der Waals surface area contributed by atoms with Crippen LogP contribution in [0.25, 0.3) is 0 Å². The number of sulfonamides is 1. The fourth-order valence-corrected chi connectivity index (χ4v) is 3.76. The number of morpholine rings is 1. The highest BCUT2D eigenvalue weighted by Crippen LogP contribution is 2.33. The molecule has 1 saturated heterocycles. The van der Waals surface area contributed by atoms with Crippen molar-refractivity contribution in [2.75, 3.05) is 39.4 Å². The molecule has 0 amide bonds. The number of phenolic OH excluding ortho intramolecular Hbond substituents is 1. The third-order valence-corrected chi connectivity index (χ3v) is 5.09. The Morgan fingerprint density at radius 1 is 1.29 bits per heavy atom. The lowest BCUT2D eigenvalue weighted by molar-refractivity contribution is 0.0390. The average molecular weight is 355 g/mol. The molecule has 2 rings (SSSR count). The molecule has 0 atom stereocenters. The third-order valence-electron chi connectivity index (χ3n) is 3.11. The van der Waals surface area contributed by atoms with Crippen LogP contribution in [0.1, 0.15) is 0 Å². The van der Waals surface area contributed by atoms with Gasteiger partial charge in [-0.2, -0.15) is 0 Å². The highest BCUT2D eigenvalue weighted by molar-refractivity contribution is 7.89. The van der Waals surface area contributed by atoms with E-state index in [9.17, 15) is 13.5 Å². The van der Waals surface area contributed by atoms with Gasteiger partial charge >= 0.3 is 0 Å². The Labute approximate surface area is 133 Å². The molecule has 118 valence electrons. The lowest BCUT2D eigenvalue weighted by Gasteiger charge is -2.26. The van der Waals surface area contributed by atoms with Gasteiger partial charge in [0.25, 0.3) is 0 Å². The quantitative estimate of drug-likeness (QED) is 0.833. The van der Waals surface area contributed by atoms with E-state index < -0.39 is 15.8 Å². The van der Waals surface area contributed by atoms with Crippen LogP contribution in [0.4, 0.5) is 0 Å². The second-order valence-electron chi connectivity index (χ2n) is 4.59. The van der Waals surface area contributed by atoms with Crippen molar-refractivity contribution >= 4 is 33.2 Å². The summed E-state index contributed by atoms with van der Waals surface area (Å²) in [5.41, 5.74) is 0. The monoisotopic (exact) mass is 354 g/mol. The van der Waals surface area contributed by atoms with Gasteiger partial charge in [-0.1, -0.05) is 23.2 Å². The standard InChI is InChI=1S/C12H16Cl2N2O4S/c13-9-7-10(14)12(17)11(8-9)21(18,19)15-1-2-16-3-5-20-6-4-16/h7-8,15,17H,1-6H2. The highest BCUT2D eigenvalue weighted by atomic mass is 35.5. The predicted octanol–water partition coefficient (Wildman–Crippen LogP) is 1.31. The van der Waals surface area contributed by atoms with Gasteiger partial charge in [-0.05, 0) is 12.1 Å². The largest absolute Gasteiger partial charge is 0.505 e. The van der Waals surface area contributed by atoms with E-state index in [4.69, 9.17) is 27.9 Å². The molecule has 2 N–H and O–H groups in total. The van der Waals surface area contributed by atoms with Gasteiger partial charge in [0.15, 0.2) is 5.75 Å². The second-order valence-corrected chi connectivity index (χ2v) is 7.17. The Bertz CT molecular complexity index is 604. The molecule has 1 fully saturated rings. The van der Waals surface area contributed by atoms with Gasteiger partial charge in [0.2, 0.25) is 10.0 Å². The smallest absolute Gasteiger partial charge is 0.244 e. The van der Waals surface area contributed by atoms with Crippen molar-refractivity contribution in [3.8, 4) is 5.75 Å². The Morgan fingerprint density at radius 3 is 2.62 bits per heavy atom. The number of hydrogen-bond donors (Lipinski definition) is 2. The molecular weight excluding hydrogens is 339 g/mol. The van der Waals surface area contributed by atoms with E-state index in [1.165, 1.54) is 12.1 Å². The molecule has 9 heteroatoms. The van der Waals surface area contributed by atoms with Crippen LogP contribution in [0.15, 0.2) is 17.0 Å². The molecule has 0 aromatic heterocycles. The zero-order valence-electron chi connectivity index (χ0n) is 11.2. The number of rotatable bonds is 5. The van der Waals surface area contributed by atoms with Crippen LogP contribution in [0.3, 0.4) is 0 Å². The van der Waals surface area contributed by atoms with E-state index >= 15 is 0 Å². The average Bonchev–Trinajstić information content (AvgIpc) is 2.43. The number of benzene rings is 1. The molecule has 0 aliphatic carbocycles. The van der Waals surface area contributed by atoms with Gasteiger partial charge in [-0.25, -0.2) is 13.1 Å². The first-order valence-corrected chi connectivity index (χ1v) is 8.62. The Balaban J connectivity index is 2.01. The maximum Gasteiger partial charge on any atom is 0.244 e. The summed E-state index contributed by atoms with van der Waals surface area (Å²) in [6.07, 6.45) is 0. The number of nitrogens with one attached hydrogen (secondary N) is 1. The van der Waals surface area contributed by atoms with Crippen molar-refractivity contribution in [2.45, 2.75) is 4.90 Å². The first-order chi connectivity index (χ1) is 9.90. The molecule has 21 heavy (non-hydrogen) atoms. The SMILES string of the molecule is O=S(=O)(NCCN1CCOCC1)c1cc(Cl)cc(Cl)c1O. The maximum absolute atomic E-state index is 12.2. The van der Waals surface area contributed by atoms with Crippen LogP contribution in [0.2, 0.25) is 10.0 Å². The first-order valence-electron chi connectivity index (χ1n) is 6.38. The molecule has 1 aliphatic heterocycles. The number of nitrogens with zero attached hydrogens (tertiary/aromatic N) is 1. The summed E-state index contributed by atoms with van der Waals surface area (Å²) in [6.45, 7) is 3.64. The van der Waals surface area contributed by atoms with Crippen LogP contribution in [-0.4, -0.2) is 57.8 Å². The fourth-order valence-electron chi connectivity index (χ4n) is 1.99. The van der Waals surface area contributed by atoms with E-state index in [1.54, 1.807) is 0 Å². The van der Waals surface area contributed by atoms with E-state index in [2.05, 4.69) is 9.62 Å². The topological polar surface area (TPSA) is 78.9 Å². The summed E-state index contributed by atoms with van der Waals surface area (Å²) in [6, 6.07) is 2.45. The lowest BCUT2D eigenvalue weighted by Crippen LogP contribution is -2.41. The Kier molecular flexibility index (Phi) is 5.70.